The third-order valence-electron chi connectivity index (χ3n) is 3.38. The first-order valence-electron chi connectivity index (χ1n) is 6.43. The predicted molar refractivity (Wildman–Crippen MR) is 78.8 cm³/mol. The minimum absolute atomic E-state index is 0.420. The summed E-state index contributed by atoms with van der Waals surface area (Å²) in [7, 11) is 1.84. The number of carbonyl (C=O) groups excluding carboxylic acids is 1. The molecule has 7 nitrogen and oxygen atoms in total. The van der Waals surface area contributed by atoms with Crippen molar-refractivity contribution >= 4 is 39.0 Å². The largest absolute Gasteiger partial charge is 0.548 e. The minimum atomic E-state index is -1.34. The molecule has 3 rings (SSSR count). The lowest BCUT2D eigenvalue weighted by atomic mass is 10.5. The second-order valence-electron chi connectivity index (χ2n) is 4.68. The molecule has 0 radical (unpaired) electrons. The number of anilines is 1. The van der Waals surface area contributed by atoms with Gasteiger partial charge in [-0.1, -0.05) is 0 Å². The first-order valence-corrected chi connectivity index (χ1v) is 7.31. The van der Waals surface area contributed by atoms with Crippen molar-refractivity contribution in [1.29, 1.82) is 0 Å². The monoisotopic (exact) mass is 305 g/mol. The molecule has 0 amide bonds. The van der Waals surface area contributed by atoms with Gasteiger partial charge in [0.05, 0.1) is 22.7 Å². The Kier molecular flexibility index (Phi) is 3.17. The highest BCUT2D eigenvalue weighted by atomic mass is 32.1. The molecule has 0 atom stereocenters. The number of carboxylic acids is 1. The Bertz CT molecular complexity index is 892. The maximum Gasteiger partial charge on any atom is 0.291 e. The van der Waals surface area contributed by atoms with Gasteiger partial charge >= 0.3 is 0 Å². The van der Waals surface area contributed by atoms with Gasteiger partial charge in [-0.05, 0) is 24.4 Å². The van der Waals surface area contributed by atoms with E-state index in [4.69, 9.17) is 0 Å². The van der Waals surface area contributed by atoms with Crippen molar-refractivity contribution in [2.75, 3.05) is 18.5 Å². The molecule has 0 N–H and O–H groups in total. The minimum Gasteiger partial charge on any atom is -0.548 e. The second-order valence-corrected chi connectivity index (χ2v) is 5.63. The molecule has 0 unspecified atom stereocenters. The Morgan fingerprint density at radius 2 is 2.24 bits per heavy atom. The average molecular weight is 305 g/mol. The third kappa shape index (κ3) is 2.07. The van der Waals surface area contributed by atoms with E-state index in [0.29, 0.717) is 18.0 Å². The molecule has 0 spiro atoms. The molecular formula is C13H13N4O3S-. The van der Waals surface area contributed by atoms with Crippen molar-refractivity contribution in [2.24, 2.45) is 0 Å². The lowest BCUT2D eigenvalue weighted by Crippen LogP contribution is -2.36. The smallest absolute Gasteiger partial charge is 0.291 e. The van der Waals surface area contributed by atoms with Crippen LogP contribution in [0.1, 0.15) is 6.92 Å². The first-order chi connectivity index (χ1) is 10.0. The summed E-state index contributed by atoms with van der Waals surface area (Å²) in [4.78, 5) is 25.0. The van der Waals surface area contributed by atoms with Gasteiger partial charge in [0.2, 0.25) is 5.95 Å². The molecule has 3 heterocycles. The van der Waals surface area contributed by atoms with E-state index in [1.54, 1.807) is 10.5 Å². The molecule has 0 aliphatic heterocycles. The van der Waals surface area contributed by atoms with Gasteiger partial charge in [-0.2, -0.15) is 0 Å². The zero-order valence-electron chi connectivity index (χ0n) is 11.6. The Morgan fingerprint density at radius 1 is 1.48 bits per heavy atom. The molecule has 0 saturated heterocycles. The van der Waals surface area contributed by atoms with Gasteiger partial charge in [0, 0.05) is 13.6 Å². The molecule has 3 aromatic rings. The van der Waals surface area contributed by atoms with Crippen LogP contribution in [0.2, 0.25) is 0 Å². The normalized spacial score (nSPS) is 11.3. The molecule has 0 aliphatic rings. The Hall–Kier alpha value is -2.35. The summed E-state index contributed by atoms with van der Waals surface area (Å²) in [6.07, 6.45) is 0. The fourth-order valence-electron chi connectivity index (χ4n) is 2.25. The summed E-state index contributed by atoms with van der Waals surface area (Å²) in [5, 5.41) is 16.9. The summed E-state index contributed by atoms with van der Waals surface area (Å²) in [6, 6.07) is 3.69. The lowest BCUT2D eigenvalue weighted by molar-refractivity contribution is -0.306. The Morgan fingerprint density at radius 3 is 2.90 bits per heavy atom. The lowest BCUT2D eigenvalue weighted by Gasteiger charge is -2.19. The van der Waals surface area contributed by atoms with E-state index in [9.17, 15) is 14.7 Å². The summed E-state index contributed by atoms with van der Waals surface area (Å²) in [5.74, 6) is -0.811. The van der Waals surface area contributed by atoms with E-state index >= 15 is 0 Å². The van der Waals surface area contributed by atoms with Crippen LogP contribution in [0.4, 0.5) is 5.95 Å². The third-order valence-corrected chi connectivity index (χ3v) is 4.23. The summed E-state index contributed by atoms with van der Waals surface area (Å²) >= 11 is 1.53. The van der Waals surface area contributed by atoms with Crippen LogP contribution < -0.4 is 15.6 Å². The van der Waals surface area contributed by atoms with Gasteiger partial charge in [0.25, 0.3) is 5.56 Å². The highest BCUT2D eigenvalue weighted by Gasteiger charge is 2.17. The molecule has 110 valence electrons. The molecule has 0 aromatic carbocycles. The van der Waals surface area contributed by atoms with Crippen molar-refractivity contribution < 1.29 is 9.90 Å². The van der Waals surface area contributed by atoms with E-state index in [1.807, 2.05) is 30.3 Å². The highest BCUT2D eigenvalue weighted by Crippen LogP contribution is 2.26. The number of carboxylic acid groups (broad SMARTS) is 1. The van der Waals surface area contributed by atoms with E-state index in [0.717, 1.165) is 14.9 Å². The van der Waals surface area contributed by atoms with Crippen molar-refractivity contribution in [3.8, 4) is 0 Å². The van der Waals surface area contributed by atoms with Gasteiger partial charge < -0.3 is 14.8 Å². The molecule has 8 heteroatoms. The van der Waals surface area contributed by atoms with E-state index < -0.39 is 18.1 Å². The number of thiophene rings is 1. The Balaban J connectivity index is 2.41. The van der Waals surface area contributed by atoms with Gasteiger partial charge in [0.15, 0.2) is 0 Å². The molecule has 0 aliphatic carbocycles. The quantitative estimate of drug-likeness (QED) is 0.673. The van der Waals surface area contributed by atoms with Crippen LogP contribution in [0.5, 0.6) is 0 Å². The van der Waals surface area contributed by atoms with Crippen LogP contribution in [0.15, 0.2) is 22.3 Å². The van der Waals surface area contributed by atoms with Gasteiger partial charge in [0.1, 0.15) is 5.52 Å². The van der Waals surface area contributed by atoms with Crippen molar-refractivity contribution in [3.63, 3.8) is 0 Å². The summed E-state index contributed by atoms with van der Waals surface area (Å²) in [5.41, 5.74) is 0.884. The average Bonchev–Trinajstić information content (AvgIpc) is 3.01. The van der Waals surface area contributed by atoms with Crippen molar-refractivity contribution in [3.05, 3.63) is 27.9 Å². The van der Waals surface area contributed by atoms with Crippen LogP contribution in [0.3, 0.4) is 0 Å². The molecule has 0 fully saturated rings. The Labute approximate surface area is 123 Å². The molecular weight excluding hydrogens is 292 g/mol. The number of hydrogen-bond donors (Lipinski definition) is 0. The highest BCUT2D eigenvalue weighted by molar-refractivity contribution is 7.17. The number of aromatic nitrogens is 3. The number of aliphatic carboxylic acids is 1. The summed E-state index contributed by atoms with van der Waals surface area (Å²) in [6.45, 7) is 2.07. The summed E-state index contributed by atoms with van der Waals surface area (Å²) < 4.78 is 3.67. The SMILES string of the molecule is CCN(C)c1nn(CC(=O)[O-])c(=O)c2cc3sccc3n12. The maximum atomic E-state index is 12.4. The van der Waals surface area contributed by atoms with Crippen LogP contribution in [0.25, 0.3) is 15.7 Å². The van der Waals surface area contributed by atoms with Gasteiger partial charge in [-0.25, -0.2) is 4.68 Å². The van der Waals surface area contributed by atoms with E-state index in [1.165, 1.54) is 11.3 Å². The van der Waals surface area contributed by atoms with Crippen LogP contribution in [-0.2, 0) is 11.3 Å². The van der Waals surface area contributed by atoms with Crippen LogP contribution in [0, 0.1) is 0 Å². The zero-order valence-corrected chi connectivity index (χ0v) is 12.4. The van der Waals surface area contributed by atoms with Crippen molar-refractivity contribution in [1.82, 2.24) is 14.2 Å². The first kappa shape index (κ1) is 13.6. The van der Waals surface area contributed by atoms with Crippen LogP contribution in [-0.4, -0.2) is 33.7 Å². The molecule has 3 aromatic heterocycles. The van der Waals surface area contributed by atoms with E-state index in [-0.39, 0.29) is 0 Å². The predicted octanol–water partition coefficient (Wildman–Crippen LogP) is -0.0833. The van der Waals surface area contributed by atoms with Gasteiger partial charge in [-0.15, -0.1) is 16.4 Å². The fraction of sp³-hybridized carbons (Fsp3) is 0.308. The molecule has 0 saturated carbocycles. The molecule has 21 heavy (non-hydrogen) atoms. The zero-order chi connectivity index (χ0) is 15.1. The second kappa shape index (κ2) is 4.88. The maximum absolute atomic E-state index is 12.4. The molecule has 0 bridgehead atoms. The van der Waals surface area contributed by atoms with Crippen LogP contribution >= 0.6 is 11.3 Å². The standard InChI is InChI=1S/C13H14N4O3S/c1-3-15(2)13-14-16(7-11(18)19)12(20)9-6-10-8(17(9)13)4-5-21-10/h4-6H,3,7H2,1-2H3,(H,18,19)/p-1. The number of rotatable bonds is 4. The number of fused-ring (bicyclic) bond motifs is 3. The fourth-order valence-corrected chi connectivity index (χ4v) is 3.05. The van der Waals surface area contributed by atoms with Gasteiger partial charge in [-0.3, -0.25) is 9.20 Å². The number of nitrogens with zero attached hydrogens (tertiary/aromatic N) is 4. The van der Waals surface area contributed by atoms with Crippen molar-refractivity contribution in [2.45, 2.75) is 13.5 Å². The number of hydrogen-bond acceptors (Lipinski definition) is 6. The number of carbonyl (C=O) groups is 1. The van der Waals surface area contributed by atoms with E-state index in [2.05, 4.69) is 5.10 Å². The topological polar surface area (TPSA) is 82.7 Å².